The van der Waals surface area contributed by atoms with E-state index in [9.17, 15) is 9.59 Å². The molecule has 0 saturated heterocycles. The van der Waals surface area contributed by atoms with E-state index in [0.717, 1.165) is 9.75 Å². The lowest BCUT2D eigenvalue weighted by Crippen LogP contribution is -2.05. The Morgan fingerprint density at radius 1 is 1.14 bits per heavy atom. The van der Waals surface area contributed by atoms with Crippen molar-refractivity contribution in [1.82, 2.24) is 0 Å². The van der Waals surface area contributed by atoms with Crippen LogP contribution >= 0.6 is 11.3 Å². The minimum Gasteiger partial charge on any atom is -0.294 e. The van der Waals surface area contributed by atoms with E-state index in [4.69, 9.17) is 0 Å². The standard InChI is InChI=1S/C11H14O2S/c1-5-9(13)11-8(4)14-7(3)10(11)6(2)12/h5H2,1-4H3. The molecule has 0 saturated carbocycles. The summed E-state index contributed by atoms with van der Waals surface area (Å²) in [6, 6.07) is 0. The summed E-state index contributed by atoms with van der Waals surface area (Å²) in [4.78, 5) is 24.9. The smallest absolute Gasteiger partial charge is 0.164 e. The molecule has 0 spiro atoms. The van der Waals surface area contributed by atoms with Gasteiger partial charge in [-0.1, -0.05) is 6.92 Å². The van der Waals surface area contributed by atoms with Crippen molar-refractivity contribution in [2.45, 2.75) is 34.1 Å². The van der Waals surface area contributed by atoms with Crippen LogP contribution in [-0.2, 0) is 0 Å². The summed E-state index contributed by atoms with van der Waals surface area (Å²) in [5.41, 5.74) is 1.27. The van der Waals surface area contributed by atoms with E-state index in [-0.39, 0.29) is 11.6 Å². The van der Waals surface area contributed by atoms with E-state index in [1.807, 2.05) is 20.8 Å². The van der Waals surface area contributed by atoms with Gasteiger partial charge in [-0.05, 0) is 20.8 Å². The van der Waals surface area contributed by atoms with Crippen molar-refractivity contribution < 1.29 is 9.59 Å². The maximum Gasteiger partial charge on any atom is 0.164 e. The molecule has 0 fully saturated rings. The number of thiophene rings is 1. The van der Waals surface area contributed by atoms with Crippen LogP contribution in [0.4, 0.5) is 0 Å². The Morgan fingerprint density at radius 3 is 2.07 bits per heavy atom. The van der Waals surface area contributed by atoms with Crippen LogP contribution in [0, 0.1) is 13.8 Å². The molecular weight excluding hydrogens is 196 g/mol. The lowest BCUT2D eigenvalue weighted by Gasteiger charge is -2.00. The number of rotatable bonds is 3. The van der Waals surface area contributed by atoms with Gasteiger partial charge in [0.25, 0.3) is 0 Å². The molecule has 0 unspecified atom stereocenters. The molecule has 0 atom stereocenters. The minimum absolute atomic E-state index is 0.0105. The third-order valence-electron chi connectivity index (χ3n) is 2.21. The van der Waals surface area contributed by atoms with Gasteiger partial charge in [-0.2, -0.15) is 0 Å². The quantitative estimate of drug-likeness (QED) is 0.718. The average molecular weight is 210 g/mol. The normalized spacial score (nSPS) is 10.3. The van der Waals surface area contributed by atoms with Crippen LogP contribution in [-0.4, -0.2) is 11.6 Å². The number of ketones is 2. The van der Waals surface area contributed by atoms with E-state index in [2.05, 4.69) is 0 Å². The Morgan fingerprint density at radius 2 is 1.64 bits per heavy atom. The van der Waals surface area contributed by atoms with Crippen LogP contribution in [0.1, 0.15) is 50.7 Å². The van der Waals surface area contributed by atoms with Crippen LogP contribution in [0.15, 0.2) is 0 Å². The van der Waals surface area contributed by atoms with Crippen molar-refractivity contribution in [3.8, 4) is 0 Å². The number of Topliss-reactive ketones (excluding diaryl/α,β-unsaturated/α-hetero) is 2. The first-order valence-corrected chi connectivity index (χ1v) is 5.44. The maximum absolute atomic E-state index is 11.6. The fourth-order valence-corrected chi connectivity index (χ4v) is 2.75. The second-order valence-electron chi connectivity index (χ2n) is 3.30. The van der Waals surface area contributed by atoms with Gasteiger partial charge in [-0.3, -0.25) is 9.59 Å². The highest BCUT2D eigenvalue weighted by atomic mass is 32.1. The molecule has 3 heteroatoms. The van der Waals surface area contributed by atoms with E-state index in [1.54, 1.807) is 0 Å². The molecule has 0 aliphatic rings. The van der Waals surface area contributed by atoms with Gasteiger partial charge in [0.05, 0.1) is 0 Å². The molecule has 1 rings (SSSR count). The second-order valence-corrected chi connectivity index (χ2v) is 4.73. The summed E-state index contributed by atoms with van der Waals surface area (Å²) in [7, 11) is 0. The molecule has 0 aliphatic carbocycles. The van der Waals surface area contributed by atoms with E-state index < -0.39 is 0 Å². The van der Waals surface area contributed by atoms with Crippen LogP contribution in [0.5, 0.6) is 0 Å². The summed E-state index contributed by atoms with van der Waals surface area (Å²) >= 11 is 1.53. The Kier molecular flexibility index (Phi) is 3.21. The topological polar surface area (TPSA) is 34.1 Å². The zero-order valence-corrected chi connectivity index (χ0v) is 9.75. The lowest BCUT2D eigenvalue weighted by atomic mass is 10.0. The van der Waals surface area contributed by atoms with Crippen molar-refractivity contribution in [2.24, 2.45) is 0 Å². The van der Waals surface area contributed by atoms with Crippen LogP contribution < -0.4 is 0 Å². The summed E-state index contributed by atoms with van der Waals surface area (Å²) in [6.45, 7) is 7.12. The second kappa shape index (κ2) is 4.05. The fourth-order valence-electron chi connectivity index (χ4n) is 1.62. The molecule has 0 amide bonds. The first-order chi connectivity index (χ1) is 6.49. The molecule has 0 N–H and O–H groups in total. The molecule has 14 heavy (non-hydrogen) atoms. The van der Waals surface area contributed by atoms with Crippen molar-refractivity contribution >= 4 is 22.9 Å². The summed E-state index contributed by atoms with van der Waals surface area (Å²) < 4.78 is 0. The molecule has 1 aromatic heterocycles. The highest BCUT2D eigenvalue weighted by Crippen LogP contribution is 2.28. The predicted molar refractivity (Wildman–Crippen MR) is 58.4 cm³/mol. The highest BCUT2D eigenvalue weighted by Gasteiger charge is 2.20. The predicted octanol–water partition coefficient (Wildman–Crippen LogP) is 3.16. The zero-order chi connectivity index (χ0) is 10.9. The molecule has 0 bridgehead atoms. The van der Waals surface area contributed by atoms with Crippen molar-refractivity contribution in [2.75, 3.05) is 0 Å². The molecule has 0 radical (unpaired) electrons. The minimum atomic E-state index is -0.0105. The lowest BCUT2D eigenvalue weighted by molar-refractivity contribution is 0.0966. The Hall–Kier alpha value is -0.960. The average Bonchev–Trinajstić information content (AvgIpc) is 2.39. The highest BCUT2D eigenvalue weighted by molar-refractivity contribution is 7.12. The van der Waals surface area contributed by atoms with Gasteiger partial charge >= 0.3 is 0 Å². The molecule has 1 heterocycles. The van der Waals surface area contributed by atoms with Crippen LogP contribution in [0.3, 0.4) is 0 Å². The van der Waals surface area contributed by atoms with Crippen molar-refractivity contribution in [3.05, 3.63) is 20.9 Å². The summed E-state index contributed by atoms with van der Waals surface area (Å²) in [5, 5.41) is 0. The third-order valence-corrected chi connectivity index (χ3v) is 3.23. The maximum atomic E-state index is 11.6. The van der Waals surface area contributed by atoms with Gasteiger partial charge in [0.15, 0.2) is 11.6 Å². The molecule has 0 aliphatic heterocycles. The van der Waals surface area contributed by atoms with Gasteiger partial charge in [0.1, 0.15) is 0 Å². The van der Waals surface area contributed by atoms with Crippen molar-refractivity contribution in [3.63, 3.8) is 0 Å². The van der Waals surface area contributed by atoms with Crippen LogP contribution in [0.2, 0.25) is 0 Å². The Bertz CT molecular complexity index is 388. The fraction of sp³-hybridized carbons (Fsp3) is 0.455. The summed E-state index contributed by atoms with van der Waals surface area (Å²) in [6.07, 6.45) is 0.456. The van der Waals surface area contributed by atoms with Gasteiger partial charge < -0.3 is 0 Å². The third kappa shape index (κ3) is 1.77. The molecule has 76 valence electrons. The molecule has 2 nitrogen and oxygen atoms in total. The van der Waals surface area contributed by atoms with E-state index >= 15 is 0 Å². The largest absolute Gasteiger partial charge is 0.294 e. The summed E-state index contributed by atoms with van der Waals surface area (Å²) in [5.74, 6) is 0.0562. The number of aryl methyl sites for hydroxylation is 2. The number of carbonyl (C=O) groups is 2. The number of hydrogen-bond donors (Lipinski definition) is 0. The molecular formula is C11H14O2S. The van der Waals surface area contributed by atoms with Gasteiger partial charge in [-0.25, -0.2) is 0 Å². The monoisotopic (exact) mass is 210 g/mol. The van der Waals surface area contributed by atoms with Crippen molar-refractivity contribution in [1.29, 1.82) is 0 Å². The Labute approximate surface area is 87.9 Å². The first-order valence-electron chi connectivity index (χ1n) is 4.63. The molecule has 1 aromatic rings. The molecule has 0 aromatic carbocycles. The van der Waals surface area contributed by atoms with Crippen LogP contribution in [0.25, 0.3) is 0 Å². The first kappa shape index (κ1) is 11.1. The SMILES string of the molecule is CCC(=O)c1c(C)sc(C)c1C(C)=O. The Balaban J connectivity index is 3.39. The number of hydrogen-bond acceptors (Lipinski definition) is 3. The van der Waals surface area contributed by atoms with E-state index in [0.29, 0.717) is 17.5 Å². The van der Waals surface area contributed by atoms with Gasteiger partial charge in [0.2, 0.25) is 0 Å². The zero-order valence-electron chi connectivity index (χ0n) is 8.93. The van der Waals surface area contributed by atoms with Gasteiger partial charge in [0, 0.05) is 27.3 Å². The number of carbonyl (C=O) groups excluding carboxylic acids is 2. The van der Waals surface area contributed by atoms with E-state index in [1.165, 1.54) is 18.3 Å². The van der Waals surface area contributed by atoms with Gasteiger partial charge in [-0.15, -0.1) is 11.3 Å².